The lowest BCUT2D eigenvalue weighted by atomic mass is 9.86. The number of benzene rings is 2. The summed E-state index contributed by atoms with van der Waals surface area (Å²) in [6, 6.07) is 18.6. The fraction of sp³-hybridized carbons (Fsp3) is 0.333. The number of piperidine rings is 1. The van der Waals surface area contributed by atoms with E-state index in [1.807, 2.05) is 24.3 Å². The highest BCUT2D eigenvalue weighted by molar-refractivity contribution is 5.74. The van der Waals surface area contributed by atoms with E-state index in [-0.39, 0.29) is 5.60 Å². The summed E-state index contributed by atoms with van der Waals surface area (Å²) in [5, 5.41) is 3.42. The van der Waals surface area contributed by atoms with Crippen molar-refractivity contribution in [3.8, 4) is 5.75 Å². The third kappa shape index (κ3) is 3.23. The first kappa shape index (κ1) is 15.4. The molecule has 0 aromatic heterocycles. The van der Waals surface area contributed by atoms with Gasteiger partial charge in [-0.2, -0.15) is 0 Å². The third-order valence-corrected chi connectivity index (χ3v) is 4.80. The fourth-order valence-corrected chi connectivity index (χ4v) is 3.53. The second kappa shape index (κ2) is 6.80. The van der Waals surface area contributed by atoms with Crippen molar-refractivity contribution >= 4 is 5.57 Å². The summed E-state index contributed by atoms with van der Waals surface area (Å²) < 4.78 is 12.4. The second-order valence-corrected chi connectivity index (χ2v) is 6.56. The van der Waals surface area contributed by atoms with Crippen molar-refractivity contribution in [1.82, 2.24) is 5.32 Å². The molecule has 0 unspecified atom stereocenters. The molecule has 1 saturated heterocycles. The Morgan fingerprint density at radius 2 is 1.67 bits per heavy atom. The summed E-state index contributed by atoms with van der Waals surface area (Å²) in [6.45, 7) is 3.24. The number of nitrogens with one attached hydrogen (secondary N) is 1. The normalized spacial score (nSPS) is 18.6. The lowest BCUT2D eigenvalue weighted by Crippen LogP contribution is -2.46. The maximum atomic E-state index is 6.38. The van der Waals surface area contributed by atoms with E-state index in [1.54, 1.807) is 0 Å². The van der Waals surface area contributed by atoms with Crippen LogP contribution in [0.15, 0.2) is 60.7 Å². The highest BCUT2D eigenvalue weighted by atomic mass is 16.5. The van der Waals surface area contributed by atoms with E-state index < -0.39 is 0 Å². The Hall–Kier alpha value is -2.10. The van der Waals surface area contributed by atoms with Gasteiger partial charge in [-0.1, -0.05) is 48.5 Å². The summed E-state index contributed by atoms with van der Waals surface area (Å²) in [7, 11) is 0. The standard InChI is InChI=1S/C21H23NO2/c1-2-6-17(7-3-1)15-23-16-18-14-21(10-12-22-13-11-21)24-20-9-5-4-8-19(18)20/h1-9,14,22H,10-13,15-16H2. The molecule has 2 aromatic carbocycles. The number of hydrogen-bond donors (Lipinski definition) is 1. The van der Waals surface area contributed by atoms with Crippen LogP contribution in [0.4, 0.5) is 0 Å². The van der Waals surface area contributed by atoms with Gasteiger partial charge in [-0.15, -0.1) is 0 Å². The quantitative estimate of drug-likeness (QED) is 0.929. The third-order valence-electron chi connectivity index (χ3n) is 4.80. The second-order valence-electron chi connectivity index (χ2n) is 6.56. The first-order valence-electron chi connectivity index (χ1n) is 8.67. The molecule has 0 saturated carbocycles. The molecule has 1 fully saturated rings. The Morgan fingerprint density at radius 1 is 0.917 bits per heavy atom. The molecule has 3 heteroatoms. The summed E-state index contributed by atoms with van der Waals surface area (Å²) in [5.41, 5.74) is 3.44. The largest absolute Gasteiger partial charge is 0.482 e. The van der Waals surface area contributed by atoms with Crippen LogP contribution in [-0.2, 0) is 11.3 Å². The Labute approximate surface area is 143 Å². The molecular weight excluding hydrogens is 298 g/mol. The zero-order valence-electron chi connectivity index (χ0n) is 13.8. The summed E-state index contributed by atoms with van der Waals surface area (Å²) in [6.07, 6.45) is 4.31. The van der Waals surface area contributed by atoms with Crippen LogP contribution in [0, 0.1) is 0 Å². The number of para-hydroxylation sites is 1. The van der Waals surface area contributed by atoms with Gasteiger partial charge in [0, 0.05) is 18.4 Å². The Balaban J connectivity index is 1.53. The van der Waals surface area contributed by atoms with Gasteiger partial charge in [0.1, 0.15) is 11.4 Å². The first-order chi connectivity index (χ1) is 11.8. The SMILES string of the molecule is C1=C(COCc2ccccc2)c2ccccc2OC12CCNCC2. The summed E-state index contributed by atoms with van der Waals surface area (Å²) in [5.74, 6) is 0.986. The molecule has 0 bridgehead atoms. The molecule has 2 aromatic rings. The zero-order valence-corrected chi connectivity index (χ0v) is 13.8. The average molecular weight is 321 g/mol. The van der Waals surface area contributed by atoms with Gasteiger partial charge in [0.15, 0.2) is 0 Å². The van der Waals surface area contributed by atoms with E-state index in [4.69, 9.17) is 9.47 Å². The van der Waals surface area contributed by atoms with E-state index in [2.05, 4.69) is 41.7 Å². The van der Waals surface area contributed by atoms with E-state index in [0.29, 0.717) is 13.2 Å². The molecule has 0 aliphatic carbocycles. The average Bonchev–Trinajstić information content (AvgIpc) is 2.63. The van der Waals surface area contributed by atoms with E-state index in [9.17, 15) is 0 Å². The van der Waals surface area contributed by atoms with Crippen LogP contribution in [0.2, 0.25) is 0 Å². The summed E-state index contributed by atoms with van der Waals surface area (Å²) >= 11 is 0. The van der Waals surface area contributed by atoms with Crippen molar-refractivity contribution in [2.75, 3.05) is 19.7 Å². The topological polar surface area (TPSA) is 30.5 Å². The molecule has 1 spiro atoms. The van der Waals surface area contributed by atoms with E-state index in [1.165, 1.54) is 11.1 Å². The van der Waals surface area contributed by atoms with Crippen LogP contribution in [0.25, 0.3) is 5.57 Å². The maximum absolute atomic E-state index is 6.38. The van der Waals surface area contributed by atoms with Crippen molar-refractivity contribution in [3.63, 3.8) is 0 Å². The molecule has 4 rings (SSSR count). The van der Waals surface area contributed by atoms with Crippen LogP contribution in [0.5, 0.6) is 5.75 Å². The smallest absolute Gasteiger partial charge is 0.130 e. The molecule has 0 amide bonds. The van der Waals surface area contributed by atoms with Crippen LogP contribution in [0.1, 0.15) is 24.0 Å². The highest BCUT2D eigenvalue weighted by Gasteiger charge is 2.36. The van der Waals surface area contributed by atoms with Gasteiger partial charge in [0.2, 0.25) is 0 Å². The minimum atomic E-state index is -0.176. The van der Waals surface area contributed by atoms with Crippen molar-refractivity contribution < 1.29 is 9.47 Å². The number of hydrogen-bond acceptors (Lipinski definition) is 3. The predicted octanol–water partition coefficient (Wildman–Crippen LogP) is 3.80. The van der Waals surface area contributed by atoms with Gasteiger partial charge in [-0.05, 0) is 36.4 Å². The molecule has 124 valence electrons. The minimum absolute atomic E-state index is 0.176. The lowest BCUT2D eigenvalue weighted by Gasteiger charge is -2.40. The van der Waals surface area contributed by atoms with Crippen LogP contribution >= 0.6 is 0 Å². The lowest BCUT2D eigenvalue weighted by molar-refractivity contribution is 0.0788. The minimum Gasteiger partial charge on any atom is -0.482 e. The van der Waals surface area contributed by atoms with Crippen molar-refractivity contribution in [3.05, 3.63) is 71.8 Å². The van der Waals surface area contributed by atoms with Crippen LogP contribution < -0.4 is 10.1 Å². The van der Waals surface area contributed by atoms with E-state index >= 15 is 0 Å². The van der Waals surface area contributed by atoms with Gasteiger partial charge >= 0.3 is 0 Å². The Kier molecular flexibility index (Phi) is 4.37. The monoisotopic (exact) mass is 321 g/mol. The molecule has 0 atom stereocenters. The van der Waals surface area contributed by atoms with Gasteiger partial charge < -0.3 is 14.8 Å². The van der Waals surface area contributed by atoms with Gasteiger partial charge in [0.25, 0.3) is 0 Å². The number of fused-ring (bicyclic) bond motifs is 1. The van der Waals surface area contributed by atoms with Crippen molar-refractivity contribution in [2.45, 2.75) is 25.0 Å². The van der Waals surface area contributed by atoms with Gasteiger partial charge in [-0.25, -0.2) is 0 Å². The van der Waals surface area contributed by atoms with Gasteiger partial charge in [-0.3, -0.25) is 0 Å². The fourth-order valence-electron chi connectivity index (χ4n) is 3.53. The summed E-state index contributed by atoms with van der Waals surface area (Å²) in [4.78, 5) is 0. The highest BCUT2D eigenvalue weighted by Crippen LogP contribution is 2.39. The van der Waals surface area contributed by atoms with Crippen molar-refractivity contribution in [1.29, 1.82) is 0 Å². The molecule has 3 nitrogen and oxygen atoms in total. The molecule has 2 aliphatic rings. The molecule has 2 heterocycles. The van der Waals surface area contributed by atoms with E-state index in [0.717, 1.165) is 37.2 Å². The molecule has 24 heavy (non-hydrogen) atoms. The molecule has 1 N–H and O–H groups in total. The van der Waals surface area contributed by atoms with Gasteiger partial charge in [0.05, 0.1) is 13.2 Å². The van der Waals surface area contributed by atoms with Crippen LogP contribution in [0.3, 0.4) is 0 Å². The Morgan fingerprint density at radius 3 is 2.50 bits per heavy atom. The maximum Gasteiger partial charge on any atom is 0.130 e. The first-order valence-corrected chi connectivity index (χ1v) is 8.67. The zero-order chi connectivity index (χ0) is 16.2. The Bertz CT molecular complexity index is 718. The predicted molar refractivity (Wildman–Crippen MR) is 96.0 cm³/mol. The number of rotatable bonds is 4. The van der Waals surface area contributed by atoms with Crippen molar-refractivity contribution in [2.24, 2.45) is 0 Å². The molecule has 2 aliphatic heterocycles. The molecular formula is C21H23NO2. The number of ether oxygens (including phenoxy) is 2. The molecule has 0 radical (unpaired) electrons. The van der Waals surface area contributed by atoms with Crippen LogP contribution in [-0.4, -0.2) is 25.3 Å².